The van der Waals surface area contributed by atoms with Crippen LogP contribution in [0.15, 0.2) is 60.2 Å². The fourth-order valence-electron chi connectivity index (χ4n) is 2.58. The van der Waals surface area contributed by atoms with Gasteiger partial charge in [-0.1, -0.05) is 54.6 Å². The maximum absolute atomic E-state index is 12.4. The topological polar surface area (TPSA) is 60.4 Å². The van der Waals surface area contributed by atoms with Crippen molar-refractivity contribution >= 4 is 23.1 Å². The number of carbonyl (C=O) groups is 3. The molecule has 0 aliphatic heterocycles. The van der Waals surface area contributed by atoms with Crippen LogP contribution in [0.4, 0.5) is 0 Å². The van der Waals surface area contributed by atoms with Crippen LogP contribution < -0.4 is 0 Å². The van der Waals surface area contributed by atoms with Crippen molar-refractivity contribution in [1.82, 2.24) is 0 Å². The van der Waals surface area contributed by atoms with E-state index in [-0.39, 0.29) is 5.57 Å². The lowest BCUT2D eigenvalue weighted by Gasteiger charge is -2.20. The minimum atomic E-state index is -0.829. The van der Waals surface area contributed by atoms with Gasteiger partial charge in [-0.25, -0.2) is 4.79 Å². The van der Waals surface area contributed by atoms with Crippen molar-refractivity contribution < 1.29 is 19.1 Å². The molecule has 0 saturated heterocycles. The van der Waals surface area contributed by atoms with E-state index in [2.05, 4.69) is 0 Å². The second-order valence-corrected chi connectivity index (χ2v) is 4.81. The molecule has 0 radical (unpaired) electrons. The van der Waals surface area contributed by atoms with Crippen molar-refractivity contribution in [2.75, 3.05) is 7.11 Å². The Morgan fingerprint density at radius 3 is 2.05 bits per heavy atom. The van der Waals surface area contributed by atoms with Gasteiger partial charge in [0.2, 0.25) is 11.6 Å². The number of carbonyl (C=O) groups excluding carboxylic acids is 3. The molecule has 0 unspecified atom stereocenters. The highest BCUT2D eigenvalue weighted by Crippen LogP contribution is 2.34. The molecule has 108 valence electrons. The number of rotatable bonds is 2. The molecule has 0 spiro atoms. The Morgan fingerprint density at radius 2 is 1.41 bits per heavy atom. The maximum Gasteiger partial charge on any atom is 0.342 e. The quantitative estimate of drug-likeness (QED) is 0.484. The van der Waals surface area contributed by atoms with Crippen molar-refractivity contribution in [3.8, 4) is 0 Å². The monoisotopic (exact) mass is 292 g/mol. The zero-order valence-electron chi connectivity index (χ0n) is 11.8. The van der Waals surface area contributed by atoms with E-state index in [1.165, 1.54) is 7.11 Å². The number of ketones is 2. The number of esters is 1. The summed E-state index contributed by atoms with van der Waals surface area (Å²) in [6.45, 7) is 0. The summed E-state index contributed by atoms with van der Waals surface area (Å²) in [5.41, 5.74) is 1.79. The normalized spacial score (nSPS) is 13.9. The van der Waals surface area contributed by atoms with E-state index in [0.29, 0.717) is 22.3 Å². The number of Topliss-reactive ketones (excluding diaryl/α,β-unsaturated/α-hetero) is 2. The van der Waals surface area contributed by atoms with Crippen LogP contribution in [-0.2, 0) is 14.3 Å². The van der Waals surface area contributed by atoms with E-state index >= 15 is 0 Å². The summed E-state index contributed by atoms with van der Waals surface area (Å²) in [7, 11) is 1.19. The molecule has 0 N–H and O–H groups in total. The first kappa shape index (κ1) is 13.9. The SMILES string of the molecule is COC(=O)C1=C(c2ccccc2)c2ccccc2C(=O)C1=O. The Morgan fingerprint density at radius 1 is 0.818 bits per heavy atom. The number of methoxy groups -OCH3 is 1. The van der Waals surface area contributed by atoms with Crippen LogP contribution in [0.25, 0.3) is 5.57 Å². The van der Waals surface area contributed by atoms with Crippen LogP contribution in [0.1, 0.15) is 21.5 Å². The van der Waals surface area contributed by atoms with E-state index in [1.54, 1.807) is 48.5 Å². The largest absolute Gasteiger partial charge is 0.465 e. The number of hydrogen-bond acceptors (Lipinski definition) is 4. The molecule has 4 heteroatoms. The van der Waals surface area contributed by atoms with Crippen molar-refractivity contribution in [3.63, 3.8) is 0 Å². The summed E-state index contributed by atoms with van der Waals surface area (Å²) < 4.78 is 4.71. The number of ether oxygens (including phenoxy) is 1. The fourth-order valence-corrected chi connectivity index (χ4v) is 2.58. The summed E-state index contributed by atoms with van der Waals surface area (Å²) in [5, 5.41) is 0. The predicted octanol–water partition coefficient (Wildman–Crippen LogP) is 2.43. The van der Waals surface area contributed by atoms with Gasteiger partial charge in [0.05, 0.1) is 7.11 Å². The molecule has 3 rings (SSSR count). The second-order valence-electron chi connectivity index (χ2n) is 4.81. The van der Waals surface area contributed by atoms with Gasteiger partial charge < -0.3 is 4.74 Å². The summed E-state index contributed by atoms with van der Waals surface area (Å²) in [6, 6.07) is 15.8. The molecule has 0 atom stereocenters. The Labute approximate surface area is 127 Å². The van der Waals surface area contributed by atoms with Gasteiger partial charge >= 0.3 is 5.97 Å². The molecule has 2 aromatic carbocycles. The smallest absolute Gasteiger partial charge is 0.342 e. The zero-order valence-corrected chi connectivity index (χ0v) is 11.8. The summed E-state index contributed by atoms with van der Waals surface area (Å²) in [6.07, 6.45) is 0. The predicted molar refractivity (Wildman–Crippen MR) is 80.3 cm³/mol. The average Bonchev–Trinajstić information content (AvgIpc) is 2.58. The molecule has 0 saturated carbocycles. The van der Waals surface area contributed by atoms with Crippen LogP contribution in [0.5, 0.6) is 0 Å². The van der Waals surface area contributed by atoms with Crippen molar-refractivity contribution in [3.05, 3.63) is 76.9 Å². The van der Waals surface area contributed by atoms with Gasteiger partial charge in [0.15, 0.2) is 0 Å². The highest BCUT2D eigenvalue weighted by atomic mass is 16.5. The van der Waals surface area contributed by atoms with E-state index in [9.17, 15) is 14.4 Å². The molecule has 0 fully saturated rings. The number of fused-ring (bicyclic) bond motifs is 1. The maximum atomic E-state index is 12.4. The third-order valence-corrected chi connectivity index (χ3v) is 3.58. The average molecular weight is 292 g/mol. The Bertz CT molecular complexity index is 816. The standard InChI is InChI=1S/C18H12O4/c1-22-18(21)15-14(11-7-3-2-4-8-11)12-9-5-6-10-13(12)16(19)17(15)20/h2-10H,1H3. The highest BCUT2D eigenvalue weighted by Gasteiger charge is 2.37. The zero-order chi connectivity index (χ0) is 15.7. The molecular weight excluding hydrogens is 280 g/mol. The Kier molecular flexibility index (Phi) is 3.43. The molecule has 22 heavy (non-hydrogen) atoms. The van der Waals surface area contributed by atoms with E-state index in [0.717, 1.165) is 0 Å². The van der Waals surface area contributed by atoms with Crippen LogP contribution in [0, 0.1) is 0 Å². The van der Waals surface area contributed by atoms with Crippen molar-refractivity contribution in [2.45, 2.75) is 0 Å². The first-order valence-corrected chi connectivity index (χ1v) is 6.71. The van der Waals surface area contributed by atoms with Crippen LogP contribution >= 0.6 is 0 Å². The van der Waals surface area contributed by atoms with Crippen LogP contribution in [0.3, 0.4) is 0 Å². The highest BCUT2D eigenvalue weighted by molar-refractivity contribution is 6.57. The number of benzene rings is 2. The first-order valence-electron chi connectivity index (χ1n) is 6.71. The van der Waals surface area contributed by atoms with Gasteiger partial charge in [0.25, 0.3) is 0 Å². The minimum absolute atomic E-state index is 0.211. The summed E-state index contributed by atoms with van der Waals surface area (Å²) >= 11 is 0. The molecule has 0 bridgehead atoms. The lowest BCUT2D eigenvalue weighted by Crippen LogP contribution is -2.29. The van der Waals surface area contributed by atoms with Crippen LogP contribution in [-0.4, -0.2) is 24.6 Å². The molecule has 1 aliphatic carbocycles. The minimum Gasteiger partial charge on any atom is -0.465 e. The Balaban J connectivity index is 2.39. The molecule has 0 heterocycles. The van der Waals surface area contributed by atoms with E-state index < -0.39 is 17.5 Å². The molecule has 1 aliphatic rings. The lowest BCUT2D eigenvalue weighted by atomic mass is 9.81. The van der Waals surface area contributed by atoms with E-state index in [4.69, 9.17) is 4.74 Å². The third-order valence-electron chi connectivity index (χ3n) is 3.58. The lowest BCUT2D eigenvalue weighted by molar-refractivity contribution is -0.137. The van der Waals surface area contributed by atoms with E-state index in [1.807, 2.05) is 6.07 Å². The number of hydrogen-bond donors (Lipinski definition) is 0. The van der Waals surface area contributed by atoms with Gasteiger partial charge in [-0.3, -0.25) is 9.59 Å². The molecule has 2 aromatic rings. The second kappa shape index (κ2) is 5.41. The molecule has 4 nitrogen and oxygen atoms in total. The first-order chi connectivity index (χ1) is 10.6. The van der Waals surface area contributed by atoms with Gasteiger partial charge in [0.1, 0.15) is 5.57 Å². The van der Waals surface area contributed by atoms with Gasteiger partial charge in [-0.15, -0.1) is 0 Å². The molecular formula is C18H12O4. The van der Waals surface area contributed by atoms with Crippen LogP contribution in [0.2, 0.25) is 0 Å². The van der Waals surface area contributed by atoms with Gasteiger partial charge in [0, 0.05) is 11.1 Å². The van der Waals surface area contributed by atoms with Gasteiger partial charge in [-0.05, 0) is 11.1 Å². The fraction of sp³-hybridized carbons (Fsp3) is 0.0556. The van der Waals surface area contributed by atoms with Crippen molar-refractivity contribution in [2.24, 2.45) is 0 Å². The Hall–Kier alpha value is -3.01. The molecule has 0 aromatic heterocycles. The van der Waals surface area contributed by atoms with Gasteiger partial charge in [-0.2, -0.15) is 0 Å². The molecule has 0 amide bonds. The summed E-state index contributed by atoms with van der Waals surface area (Å²) in [4.78, 5) is 36.7. The summed E-state index contributed by atoms with van der Waals surface area (Å²) in [5.74, 6) is -2.31. The van der Waals surface area contributed by atoms with Crippen molar-refractivity contribution in [1.29, 1.82) is 0 Å². The third kappa shape index (κ3) is 2.05.